The summed E-state index contributed by atoms with van der Waals surface area (Å²) in [5, 5.41) is 8.76. The quantitative estimate of drug-likeness (QED) is 0.764. The predicted molar refractivity (Wildman–Crippen MR) is 61.7 cm³/mol. The molecule has 0 unspecified atom stereocenters. The number of allylic oxidation sites excluding steroid dienone is 1. The predicted octanol–water partition coefficient (Wildman–Crippen LogP) is 3.26. The topological polar surface area (TPSA) is 37.3 Å². The minimum absolute atomic E-state index is 0.801. The van der Waals surface area contributed by atoms with Gasteiger partial charge in [0, 0.05) is 6.08 Å². The van der Waals surface area contributed by atoms with Crippen LogP contribution < -0.4 is 0 Å². The van der Waals surface area contributed by atoms with E-state index in [4.69, 9.17) is 5.11 Å². The SMILES string of the molecule is CCC/C(=C\C(=O)O)c1cccc(C)c1. The number of hydrogen-bond donors (Lipinski definition) is 1. The van der Waals surface area contributed by atoms with Gasteiger partial charge in [0.05, 0.1) is 0 Å². The van der Waals surface area contributed by atoms with Gasteiger partial charge in [-0.3, -0.25) is 0 Å². The first kappa shape index (κ1) is 11.5. The number of benzene rings is 1. The summed E-state index contributed by atoms with van der Waals surface area (Å²) >= 11 is 0. The van der Waals surface area contributed by atoms with Crippen molar-refractivity contribution in [1.82, 2.24) is 0 Å². The molecule has 0 amide bonds. The minimum Gasteiger partial charge on any atom is -0.478 e. The highest BCUT2D eigenvalue weighted by Gasteiger charge is 2.03. The lowest BCUT2D eigenvalue weighted by atomic mass is 9.99. The summed E-state index contributed by atoms with van der Waals surface area (Å²) in [4.78, 5) is 10.7. The Labute approximate surface area is 90.3 Å². The number of carbonyl (C=O) groups is 1. The lowest BCUT2D eigenvalue weighted by Gasteiger charge is -2.06. The van der Waals surface area contributed by atoms with Crippen molar-refractivity contribution in [2.75, 3.05) is 0 Å². The van der Waals surface area contributed by atoms with Gasteiger partial charge in [-0.2, -0.15) is 0 Å². The fraction of sp³-hybridized carbons (Fsp3) is 0.308. The average Bonchev–Trinajstić information content (AvgIpc) is 2.16. The van der Waals surface area contributed by atoms with Gasteiger partial charge in [0.1, 0.15) is 0 Å². The number of aryl methyl sites for hydroxylation is 1. The first-order valence-corrected chi connectivity index (χ1v) is 5.14. The molecule has 0 bridgehead atoms. The van der Waals surface area contributed by atoms with Crippen LogP contribution >= 0.6 is 0 Å². The van der Waals surface area contributed by atoms with Gasteiger partial charge in [-0.05, 0) is 24.5 Å². The molecule has 0 aromatic heterocycles. The smallest absolute Gasteiger partial charge is 0.328 e. The van der Waals surface area contributed by atoms with Gasteiger partial charge in [-0.15, -0.1) is 0 Å². The Balaban J connectivity index is 3.04. The van der Waals surface area contributed by atoms with Crippen LogP contribution in [0.15, 0.2) is 30.3 Å². The van der Waals surface area contributed by atoms with Crippen LogP contribution in [0.2, 0.25) is 0 Å². The fourth-order valence-electron chi connectivity index (χ4n) is 1.56. The second-order valence-corrected chi connectivity index (χ2v) is 3.63. The maximum atomic E-state index is 10.7. The van der Waals surface area contributed by atoms with Crippen molar-refractivity contribution >= 4 is 11.5 Å². The highest BCUT2D eigenvalue weighted by Crippen LogP contribution is 2.20. The zero-order valence-corrected chi connectivity index (χ0v) is 9.16. The summed E-state index contributed by atoms with van der Waals surface area (Å²) in [6.45, 7) is 4.05. The molecule has 1 aromatic rings. The van der Waals surface area contributed by atoms with E-state index in [0.717, 1.165) is 29.5 Å². The van der Waals surface area contributed by atoms with Crippen molar-refractivity contribution in [3.63, 3.8) is 0 Å². The molecular formula is C13H16O2. The summed E-state index contributed by atoms with van der Waals surface area (Å²) in [5.74, 6) is -0.875. The van der Waals surface area contributed by atoms with Crippen molar-refractivity contribution < 1.29 is 9.90 Å². The molecule has 1 aromatic carbocycles. The van der Waals surface area contributed by atoms with Gasteiger partial charge in [0.25, 0.3) is 0 Å². The van der Waals surface area contributed by atoms with Gasteiger partial charge in [-0.1, -0.05) is 43.2 Å². The summed E-state index contributed by atoms with van der Waals surface area (Å²) in [5.41, 5.74) is 3.06. The molecule has 2 nitrogen and oxygen atoms in total. The molecule has 0 aliphatic heterocycles. The van der Waals surface area contributed by atoms with Crippen LogP contribution in [-0.4, -0.2) is 11.1 Å². The zero-order chi connectivity index (χ0) is 11.3. The van der Waals surface area contributed by atoms with Crippen LogP contribution in [0.4, 0.5) is 0 Å². The maximum absolute atomic E-state index is 10.7. The molecule has 0 fully saturated rings. The van der Waals surface area contributed by atoms with E-state index in [-0.39, 0.29) is 0 Å². The van der Waals surface area contributed by atoms with Crippen molar-refractivity contribution in [3.8, 4) is 0 Å². The van der Waals surface area contributed by atoms with E-state index in [1.807, 2.05) is 38.1 Å². The van der Waals surface area contributed by atoms with Crippen molar-refractivity contribution in [3.05, 3.63) is 41.5 Å². The molecule has 0 saturated carbocycles. The monoisotopic (exact) mass is 204 g/mol. The van der Waals surface area contributed by atoms with Gasteiger partial charge < -0.3 is 5.11 Å². The van der Waals surface area contributed by atoms with Crippen molar-refractivity contribution in [1.29, 1.82) is 0 Å². The molecule has 80 valence electrons. The van der Waals surface area contributed by atoms with E-state index in [1.54, 1.807) is 0 Å². The molecule has 2 heteroatoms. The van der Waals surface area contributed by atoms with E-state index in [1.165, 1.54) is 6.08 Å². The van der Waals surface area contributed by atoms with Crippen LogP contribution in [0.1, 0.15) is 30.9 Å². The Morgan fingerprint density at radius 3 is 2.73 bits per heavy atom. The lowest BCUT2D eigenvalue weighted by Crippen LogP contribution is -1.93. The van der Waals surface area contributed by atoms with E-state index in [2.05, 4.69) is 0 Å². The normalized spacial score (nSPS) is 11.5. The second kappa shape index (κ2) is 5.35. The Hall–Kier alpha value is -1.57. The number of carboxylic acids is 1. The molecule has 0 aliphatic carbocycles. The Morgan fingerprint density at radius 2 is 2.20 bits per heavy atom. The van der Waals surface area contributed by atoms with Crippen LogP contribution in [0.5, 0.6) is 0 Å². The highest BCUT2D eigenvalue weighted by atomic mass is 16.4. The van der Waals surface area contributed by atoms with Crippen molar-refractivity contribution in [2.45, 2.75) is 26.7 Å². The zero-order valence-electron chi connectivity index (χ0n) is 9.16. The summed E-state index contributed by atoms with van der Waals surface area (Å²) < 4.78 is 0. The van der Waals surface area contributed by atoms with E-state index < -0.39 is 5.97 Å². The summed E-state index contributed by atoms with van der Waals surface area (Å²) in [6.07, 6.45) is 3.06. The molecule has 1 N–H and O–H groups in total. The average molecular weight is 204 g/mol. The molecule has 0 heterocycles. The van der Waals surface area contributed by atoms with Crippen LogP contribution in [-0.2, 0) is 4.79 Å². The first-order chi connectivity index (χ1) is 7.13. The van der Waals surface area contributed by atoms with E-state index in [0.29, 0.717) is 0 Å². The molecule has 1 rings (SSSR count). The maximum Gasteiger partial charge on any atom is 0.328 e. The standard InChI is InChI=1S/C13H16O2/c1-3-5-11(9-13(14)15)12-7-4-6-10(2)8-12/h4,6-9H,3,5H2,1-2H3,(H,14,15)/b11-9+. The van der Waals surface area contributed by atoms with Crippen molar-refractivity contribution in [2.24, 2.45) is 0 Å². The first-order valence-electron chi connectivity index (χ1n) is 5.14. The molecule has 15 heavy (non-hydrogen) atoms. The molecule has 0 spiro atoms. The van der Waals surface area contributed by atoms with Gasteiger partial charge in [0.2, 0.25) is 0 Å². The van der Waals surface area contributed by atoms with Crippen LogP contribution in [0.25, 0.3) is 5.57 Å². The largest absolute Gasteiger partial charge is 0.478 e. The van der Waals surface area contributed by atoms with E-state index >= 15 is 0 Å². The van der Waals surface area contributed by atoms with Gasteiger partial charge >= 0.3 is 5.97 Å². The Bertz CT molecular complexity index is 378. The molecule has 0 radical (unpaired) electrons. The second-order valence-electron chi connectivity index (χ2n) is 3.63. The Morgan fingerprint density at radius 1 is 1.47 bits per heavy atom. The fourth-order valence-corrected chi connectivity index (χ4v) is 1.56. The van der Waals surface area contributed by atoms with Crippen LogP contribution in [0.3, 0.4) is 0 Å². The number of aliphatic carboxylic acids is 1. The lowest BCUT2D eigenvalue weighted by molar-refractivity contribution is -0.131. The highest BCUT2D eigenvalue weighted by molar-refractivity contribution is 5.90. The number of rotatable bonds is 4. The summed E-state index contributed by atoms with van der Waals surface area (Å²) in [7, 11) is 0. The number of hydrogen-bond acceptors (Lipinski definition) is 1. The van der Waals surface area contributed by atoms with Gasteiger partial charge in [-0.25, -0.2) is 4.79 Å². The minimum atomic E-state index is -0.875. The molecule has 0 atom stereocenters. The van der Waals surface area contributed by atoms with E-state index in [9.17, 15) is 4.79 Å². The third-order valence-electron chi connectivity index (χ3n) is 2.21. The summed E-state index contributed by atoms with van der Waals surface area (Å²) in [6, 6.07) is 7.94. The third kappa shape index (κ3) is 3.58. The van der Waals surface area contributed by atoms with Gasteiger partial charge in [0.15, 0.2) is 0 Å². The third-order valence-corrected chi connectivity index (χ3v) is 2.21. The molecule has 0 saturated heterocycles. The molecular weight excluding hydrogens is 188 g/mol. The number of carboxylic acid groups (broad SMARTS) is 1. The molecule has 0 aliphatic rings. The Kier molecular flexibility index (Phi) is 4.10. The van der Waals surface area contributed by atoms with Crippen LogP contribution in [0, 0.1) is 6.92 Å².